The molecule has 0 spiro atoms. The standard InChI is InChI=1S/C15H14N6O/c22-15(12-9-16-6-7-17-12)18-11-5-2-8-21-13(10-3-1-4-10)19-20-14(11)21/h2,5-10H,1,3-4H2,(H,18,22). The van der Waals surface area contributed by atoms with Gasteiger partial charge in [0.15, 0.2) is 5.65 Å². The van der Waals surface area contributed by atoms with Crippen molar-refractivity contribution in [3.8, 4) is 0 Å². The highest BCUT2D eigenvalue weighted by Gasteiger charge is 2.25. The lowest BCUT2D eigenvalue weighted by Crippen LogP contribution is -2.15. The fourth-order valence-electron chi connectivity index (χ4n) is 2.58. The van der Waals surface area contributed by atoms with Crippen molar-refractivity contribution < 1.29 is 4.79 Å². The first-order valence-electron chi connectivity index (χ1n) is 7.24. The van der Waals surface area contributed by atoms with Gasteiger partial charge in [-0.25, -0.2) is 4.98 Å². The van der Waals surface area contributed by atoms with Crippen LogP contribution in [0.3, 0.4) is 0 Å². The van der Waals surface area contributed by atoms with E-state index >= 15 is 0 Å². The number of pyridine rings is 1. The van der Waals surface area contributed by atoms with Crippen LogP contribution in [-0.2, 0) is 0 Å². The van der Waals surface area contributed by atoms with Gasteiger partial charge in [0.1, 0.15) is 11.5 Å². The molecule has 22 heavy (non-hydrogen) atoms. The second kappa shape index (κ2) is 5.18. The number of amides is 1. The molecule has 110 valence electrons. The fourth-order valence-corrected chi connectivity index (χ4v) is 2.58. The van der Waals surface area contributed by atoms with Gasteiger partial charge in [-0.2, -0.15) is 0 Å². The maximum Gasteiger partial charge on any atom is 0.275 e. The van der Waals surface area contributed by atoms with Crippen molar-refractivity contribution in [2.45, 2.75) is 25.2 Å². The Kier molecular flexibility index (Phi) is 3.03. The van der Waals surface area contributed by atoms with E-state index in [2.05, 4.69) is 25.5 Å². The van der Waals surface area contributed by atoms with Crippen molar-refractivity contribution in [3.63, 3.8) is 0 Å². The number of nitrogens with one attached hydrogen (secondary N) is 1. The summed E-state index contributed by atoms with van der Waals surface area (Å²) in [5, 5.41) is 11.3. The molecule has 1 amide bonds. The van der Waals surface area contributed by atoms with E-state index in [0.29, 0.717) is 17.3 Å². The molecular weight excluding hydrogens is 280 g/mol. The normalized spacial score (nSPS) is 14.7. The van der Waals surface area contributed by atoms with Gasteiger partial charge in [0.2, 0.25) is 0 Å². The molecule has 0 aromatic carbocycles. The largest absolute Gasteiger partial charge is 0.317 e. The molecule has 1 fully saturated rings. The molecule has 3 aromatic rings. The van der Waals surface area contributed by atoms with Crippen molar-refractivity contribution in [2.75, 3.05) is 5.32 Å². The van der Waals surface area contributed by atoms with Crippen molar-refractivity contribution >= 4 is 17.2 Å². The monoisotopic (exact) mass is 294 g/mol. The number of fused-ring (bicyclic) bond motifs is 1. The maximum absolute atomic E-state index is 12.2. The third-order valence-electron chi connectivity index (χ3n) is 3.98. The van der Waals surface area contributed by atoms with Crippen molar-refractivity contribution in [1.82, 2.24) is 24.6 Å². The van der Waals surface area contributed by atoms with Gasteiger partial charge < -0.3 is 5.32 Å². The Labute approximate surface area is 126 Å². The molecule has 0 saturated heterocycles. The van der Waals surface area contributed by atoms with Gasteiger partial charge >= 0.3 is 0 Å². The van der Waals surface area contributed by atoms with Crippen LogP contribution >= 0.6 is 0 Å². The summed E-state index contributed by atoms with van der Waals surface area (Å²) in [6.07, 6.45) is 9.92. The van der Waals surface area contributed by atoms with E-state index in [9.17, 15) is 4.79 Å². The Morgan fingerprint density at radius 2 is 2.18 bits per heavy atom. The highest BCUT2D eigenvalue weighted by Crippen LogP contribution is 2.35. The van der Waals surface area contributed by atoms with E-state index in [-0.39, 0.29) is 11.6 Å². The van der Waals surface area contributed by atoms with Crippen LogP contribution in [0.5, 0.6) is 0 Å². The van der Waals surface area contributed by atoms with Crippen LogP contribution in [0.1, 0.15) is 41.5 Å². The first kappa shape index (κ1) is 12.9. The van der Waals surface area contributed by atoms with E-state index in [1.165, 1.54) is 25.0 Å². The third kappa shape index (κ3) is 2.11. The van der Waals surface area contributed by atoms with E-state index in [0.717, 1.165) is 18.7 Å². The molecule has 7 heteroatoms. The molecule has 0 atom stereocenters. The van der Waals surface area contributed by atoms with Crippen molar-refractivity contribution in [1.29, 1.82) is 0 Å². The SMILES string of the molecule is O=C(Nc1cccn2c(C3CCC3)nnc12)c1cnccn1. The van der Waals surface area contributed by atoms with Gasteiger partial charge in [0.05, 0.1) is 11.9 Å². The van der Waals surface area contributed by atoms with Gasteiger partial charge in [-0.15, -0.1) is 10.2 Å². The van der Waals surface area contributed by atoms with Gasteiger partial charge in [-0.3, -0.25) is 14.2 Å². The quantitative estimate of drug-likeness (QED) is 0.799. The summed E-state index contributed by atoms with van der Waals surface area (Å²) < 4.78 is 1.95. The molecule has 7 nitrogen and oxygen atoms in total. The average Bonchev–Trinajstić information content (AvgIpc) is 2.91. The Balaban J connectivity index is 1.67. The van der Waals surface area contributed by atoms with Crippen LogP contribution < -0.4 is 5.32 Å². The van der Waals surface area contributed by atoms with Gasteiger partial charge in [0, 0.05) is 24.5 Å². The van der Waals surface area contributed by atoms with E-state index in [1.807, 2.05) is 22.7 Å². The summed E-state index contributed by atoms with van der Waals surface area (Å²) in [6, 6.07) is 3.69. The Morgan fingerprint density at radius 3 is 2.91 bits per heavy atom. The minimum atomic E-state index is -0.311. The lowest BCUT2D eigenvalue weighted by atomic mass is 9.85. The predicted molar refractivity (Wildman–Crippen MR) is 79.6 cm³/mol. The average molecular weight is 294 g/mol. The van der Waals surface area contributed by atoms with E-state index in [4.69, 9.17) is 0 Å². The molecule has 1 saturated carbocycles. The van der Waals surface area contributed by atoms with E-state index < -0.39 is 0 Å². The van der Waals surface area contributed by atoms with Crippen LogP contribution in [0.4, 0.5) is 5.69 Å². The third-order valence-corrected chi connectivity index (χ3v) is 3.98. The number of hydrogen-bond acceptors (Lipinski definition) is 5. The summed E-state index contributed by atoms with van der Waals surface area (Å²) in [5.41, 5.74) is 1.54. The molecule has 1 N–H and O–H groups in total. The lowest BCUT2D eigenvalue weighted by Gasteiger charge is -2.23. The Morgan fingerprint density at radius 1 is 1.27 bits per heavy atom. The Hall–Kier alpha value is -2.83. The first-order valence-corrected chi connectivity index (χ1v) is 7.24. The molecular formula is C15H14N6O. The van der Waals surface area contributed by atoms with Crippen LogP contribution in [-0.4, -0.2) is 30.5 Å². The van der Waals surface area contributed by atoms with Crippen molar-refractivity contribution in [2.24, 2.45) is 0 Å². The number of nitrogens with zero attached hydrogens (tertiary/aromatic N) is 5. The van der Waals surface area contributed by atoms with Gasteiger partial charge in [-0.1, -0.05) is 6.42 Å². The molecule has 0 unspecified atom stereocenters. The summed E-state index contributed by atoms with van der Waals surface area (Å²) in [5.74, 6) is 1.13. The zero-order valence-electron chi connectivity index (χ0n) is 11.8. The van der Waals surface area contributed by atoms with Crippen LogP contribution in [0, 0.1) is 0 Å². The van der Waals surface area contributed by atoms with Crippen LogP contribution in [0.2, 0.25) is 0 Å². The van der Waals surface area contributed by atoms with Gasteiger partial charge in [0.25, 0.3) is 5.91 Å². The molecule has 0 bridgehead atoms. The Bertz CT molecular complexity index is 824. The maximum atomic E-state index is 12.2. The molecule has 3 heterocycles. The minimum absolute atomic E-state index is 0.267. The summed E-state index contributed by atoms with van der Waals surface area (Å²) in [7, 11) is 0. The first-order chi connectivity index (χ1) is 10.8. The highest BCUT2D eigenvalue weighted by molar-refractivity contribution is 6.04. The second-order valence-corrected chi connectivity index (χ2v) is 5.35. The predicted octanol–water partition coefficient (Wildman–Crippen LogP) is 2.04. The molecule has 4 rings (SSSR count). The molecule has 1 aliphatic rings. The topological polar surface area (TPSA) is 85.1 Å². The second-order valence-electron chi connectivity index (χ2n) is 5.35. The minimum Gasteiger partial charge on any atom is -0.317 e. The lowest BCUT2D eigenvalue weighted by molar-refractivity contribution is 0.102. The summed E-state index contributed by atoms with van der Waals surface area (Å²) in [6.45, 7) is 0. The number of carbonyl (C=O) groups is 1. The van der Waals surface area contributed by atoms with Crippen LogP contribution in [0.15, 0.2) is 36.9 Å². The number of carbonyl (C=O) groups excluding carboxylic acids is 1. The zero-order chi connectivity index (χ0) is 14.9. The summed E-state index contributed by atoms with van der Waals surface area (Å²) in [4.78, 5) is 20.1. The number of hydrogen-bond donors (Lipinski definition) is 1. The number of rotatable bonds is 3. The van der Waals surface area contributed by atoms with Gasteiger partial charge in [-0.05, 0) is 25.0 Å². The molecule has 3 aromatic heterocycles. The molecule has 1 aliphatic carbocycles. The molecule has 0 radical (unpaired) electrons. The number of anilines is 1. The fraction of sp³-hybridized carbons (Fsp3) is 0.267. The summed E-state index contributed by atoms with van der Waals surface area (Å²) >= 11 is 0. The van der Waals surface area contributed by atoms with Crippen molar-refractivity contribution in [3.05, 3.63) is 48.4 Å². The van der Waals surface area contributed by atoms with E-state index in [1.54, 1.807) is 0 Å². The number of aromatic nitrogens is 5. The van der Waals surface area contributed by atoms with Crippen LogP contribution in [0.25, 0.3) is 5.65 Å². The smallest absolute Gasteiger partial charge is 0.275 e. The zero-order valence-corrected chi connectivity index (χ0v) is 11.8. The molecule has 0 aliphatic heterocycles. The highest BCUT2D eigenvalue weighted by atomic mass is 16.1.